The zero-order valence-corrected chi connectivity index (χ0v) is 15.1. The Labute approximate surface area is 152 Å². The summed E-state index contributed by atoms with van der Waals surface area (Å²) in [5.74, 6) is 0.0609. The Balaban J connectivity index is 1.48. The number of ether oxygens (including phenoxy) is 1. The van der Waals surface area contributed by atoms with Crippen molar-refractivity contribution in [3.63, 3.8) is 0 Å². The summed E-state index contributed by atoms with van der Waals surface area (Å²) in [6.45, 7) is 3.26. The van der Waals surface area contributed by atoms with Gasteiger partial charge < -0.3 is 15.2 Å². The average Bonchev–Trinajstić information content (AvgIpc) is 3.12. The molecule has 0 saturated carbocycles. The first-order chi connectivity index (χ1) is 12.7. The van der Waals surface area contributed by atoms with Crippen molar-refractivity contribution in [1.29, 1.82) is 0 Å². The standard InChI is InChI=1S/C18H25N5O3/c1-26-15-6-3-8-21(12-15)9-7-19-18-20-23(25)17-11-14-5-2-4-13(14)10-16(17)22(18)24/h10-11,15H,2-9,12H2,1H3,(H,19,20). The van der Waals surface area contributed by atoms with Crippen LogP contribution in [-0.2, 0) is 17.6 Å². The molecule has 1 atom stereocenters. The van der Waals surface area contributed by atoms with Crippen molar-refractivity contribution in [2.45, 2.75) is 38.2 Å². The van der Waals surface area contributed by atoms with Crippen molar-refractivity contribution < 1.29 is 14.3 Å². The molecule has 1 unspecified atom stereocenters. The van der Waals surface area contributed by atoms with Gasteiger partial charge in [0.25, 0.3) is 5.52 Å². The molecule has 140 valence electrons. The molecule has 8 nitrogen and oxygen atoms in total. The third-order valence-electron chi connectivity index (χ3n) is 5.50. The third kappa shape index (κ3) is 3.26. The van der Waals surface area contributed by atoms with Crippen molar-refractivity contribution in [1.82, 2.24) is 10.00 Å². The number of aromatic nitrogens is 3. The SMILES string of the molecule is COC1CCCN(CCNc2n[n+]([O-])c3cc4c(cc3[n+]2[O-])CCC4)C1. The monoisotopic (exact) mass is 359 g/mol. The van der Waals surface area contributed by atoms with Gasteiger partial charge in [0.2, 0.25) is 5.10 Å². The number of methoxy groups -OCH3 is 1. The van der Waals surface area contributed by atoms with Crippen LogP contribution in [0, 0.1) is 10.4 Å². The average molecular weight is 359 g/mol. The van der Waals surface area contributed by atoms with Crippen LogP contribution in [0.15, 0.2) is 12.1 Å². The highest BCUT2D eigenvalue weighted by Crippen LogP contribution is 2.24. The number of nitrogens with one attached hydrogen (secondary N) is 1. The van der Waals surface area contributed by atoms with E-state index in [-0.39, 0.29) is 12.1 Å². The maximum Gasteiger partial charge on any atom is 0.461 e. The molecule has 1 saturated heterocycles. The maximum absolute atomic E-state index is 12.7. The van der Waals surface area contributed by atoms with E-state index in [4.69, 9.17) is 4.74 Å². The molecule has 8 heteroatoms. The number of rotatable bonds is 5. The Hall–Kier alpha value is -2.19. The molecular formula is C18H25N5O3. The Bertz CT molecular complexity index is 813. The van der Waals surface area contributed by atoms with Crippen LogP contribution in [0.2, 0.25) is 0 Å². The Morgan fingerprint density at radius 1 is 1.23 bits per heavy atom. The van der Waals surface area contributed by atoms with E-state index >= 15 is 0 Å². The van der Waals surface area contributed by atoms with Gasteiger partial charge in [-0.05, 0) is 55.8 Å². The highest BCUT2D eigenvalue weighted by molar-refractivity contribution is 5.71. The Morgan fingerprint density at radius 2 is 2.00 bits per heavy atom. The van der Waals surface area contributed by atoms with Crippen LogP contribution in [-0.4, -0.2) is 49.4 Å². The van der Waals surface area contributed by atoms with E-state index in [0.717, 1.165) is 67.6 Å². The predicted octanol–water partition coefficient (Wildman–Crippen LogP) is 0.513. The fourth-order valence-electron chi connectivity index (χ4n) is 4.05. The van der Waals surface area contributed by atoms with E-state index in [2.05, 4.69) is 15.3 Å². The van der Waals surface area contributed by atoms with Crippen molar-refractivity contribution >= 4 is 17.0 Å². The van der Waals surface area contributed by atoms with Gasteiger partial charge in [-0.15, -0.1) is 0 Å². The Kier molecular flexibility index (Phi) is 4.78. The molecule has 4 rings (SSSR count). The fraction of sp³-hybridized carbons (Fsp3) is 0.611. The highest BCUT2D eigenvalue weighted by Gasteiger charge is 2.24. The summed E-state index contributed by atoms with van der Waals surface area (Å²) in [5, 5.41) is 31.9. The van der Waals surface area contributed by atoms with Crippen molar-refractivity contribution in [2.24, 2.45) is 0 Å². The van der Waals surface area contributed by atoms with Gasteiger partial charge in [0.1, 0.15) is 0 Å². The second-order valence-corrected chi connectivity index (χ2v) is 7.18. The van der Waals surface area contributed by atoms with Gasteiger partial charge in [-0.1, -0.05) is 0 Å². The second-order valence-electron chi connectivity index (χ2n) is 7.18. The van der Waals surface area contributed by atoms with Gasteiger partial charge in [-0.3, -0.25) is 10.2 Å². The van der Waals surface area contributed by atoms with Crippen LogP contribution in [0.25, 0.3) is 11.0 Å². The topological polar surface area (TPSA) is 91.3 Å². The van der Waals surface area contributed by atoms with Crippen LogP contribution in [0.1, 0.15) is 30.4 Å². The van der Waals surface area contributed by atoms with Gasteiger partial charge in [0, 0.05) is 31.1 Å². The lowest BCUT2D eigenvalue weighted by Gasteiger charge is -2.31. The summed E-state index contributed by atoms with van der Waals surface area (Å²) in [5.41, 5.74) is 3.04. The molecule has 2 aromatic rings. The zero-order chi connectivity index (χ0) is 18.1. The number of benzene rings is 1. The largest absolute Gasteiger partial charge is 0.739 e. The molecule has 1 N–H and O–H groups in total. The van der Waals surface area contributed by atoms with Gasteiger partial charge in [0.05, 0.1) is 12.6 Å². The number of hydrogen-bond acceptors (Lipinski definition) is 6. The van der Waals surface area contributed by atoms with Crippen LogP contribution in [0.3, 0.4) is 0 Å². The molecule has 26 heavy (non-hydrogen) atoms. The lowest BCUT2D eigenvalue weighted by atomic mass is 10.1. The molecule has 1 aromatic heterocycles. The van der Waals surface area contributed by atoms with Gasteiger partial charge in [0.15, 0.2) is 5.52 Å². The van der Waals surface area contributed by atoms with Crippen LogP contribution in [0.5, 0.6) is 0 Å². The lowest BCUT2D eigenvalue weighted by molar-refractivity contribution is -0.672. The fourth-order valence-corrected chi connectivity index (χ4v) is 4.05. The molecule has 0 spiro atoms. The van der Waals surface area contributed by atoms with Gasteiger partial charge in [-0.2, -0.15) is 0 Å². The van der Waals surface area contributed by atoms with E-state index in [0.29, 0.717) is 22.4 Å². The number of aryl methyl sites for hydroxylation is 2. The lowest BCUT2D eigenvalue weighted by Crippen LogP contribution is -2.46. The molecule has 2 heterocycles. The summed E-state index contributed by atoms with van der Waals surface area (Å²) in [7, 11) is 1.75. The molecule has 1 aliphatic heterocycles. The van der Waals surface area contributed by atoms with Crippen LogP contribution >= 0.6 is 0 Å². The van der Waals surface area contributed by atoms with E-state index < -0.39 is 0 Å². The van der Waals surface area contributed by atoms with Crippen LogP contribution in [0.4, 0.5) is 5.95 Å². The summed E-state index contributed by atoms with van der Waals surface area (Å²) >= 11 is 0. The molecule has 1 fully saturated rings. The first-order valence-corrected chi connectivity index (χ1v) is 9.33. The zero-order valence-electron chi connectivity index (χ0n) is 15.1. The molecule has 0 radical (unpaired) electrons. The molecule has 0 bridgehead atoms. The normalized spacial score (nSPS) is 20.4. The summed E-state index contributed by atoms with van der Waals surface area (Å²) in [6.07, 6.45) is 5.47. The smallest absolute Gasteiger partial charge is 0.461 e. The first-order valence-electron chi connectivity index (χ1n) is 9.33. The molecule has 1 aromatic carbocycles. The number of likely N-dealkylation sites (tertiary alicyclic amines) is 1. The number of anilines is 1. The maximum atomic E-state index is 12.7. The van der Waals surface area contributed by atoms with Gasteiger partial charge >= 0.3 is 5.95 Å². The minimum absolute atomic E-state index is 0.0609. The predicted molar refractivity (Wildman–Crippen MR) is 96.6 cm³/mol. The number of piperidine rings is 1. The van der Waals surface area contributed by atoms with Crippen LogP contribution < -0.4 is 14.9 Å². The van der Waals surface area contributed by atoms with E-state index in [1.165, 1.54) is 0 Å². The number of nitrogens with zero attached hydrogens (tertiary/aromatic N) is 4. The Morgan fingerprint density at radius 3 is 2.77 bits per heavy atom. The molecule has 0 amide bonds. The number of fused-ring (bicyclic) bond motifs is 2. The van der Waals surface area contributed by atoms with Crippen molar-refractivity contribution in [2.75, 3.05) is 38.6 Å². The van der Waals surface area contributed by atoms with Crippen molar-refractivity contribution in [3.8, 4) is 0 Å². The van der Waals surface area contributed by atoms with E-state index in [9.17, 15) is 10.4 Å². The molecular weight excluding hydrogens is 334 g/mol. The summed E-state index contributed by atoms with van der Waals surface area (Å²) in [4.78, 5) is 2.87. The number of hydrogen-bond donors (Lipinski definition) is 1. The summed E-state index contributed by atoms with van der Waals surface area (Å²) < 4.78 is 6.18. The minimum Gasteiger partial charge on any atom is -0.739 e. The van der Waals surface area contributed by atoms with Crippen molar-refractivity contribution in [3.05, 3.63) is 33.7 Å². The minimum atomic E-state index is 0.0609. The van der Waals surface area contributed by atoms with Gasteiger partial charge in [-0.25, -0.2) is 4.73 Å². The summed E-state index contributed by atoms with van der Waals surface area (Å²) in [6, 6.07) is 3.66. The highest BCUT2D eigenvalue weighted by atomic mass is 16.5. The molecule has 2 aliphatic rings. The third-order valence-corrected chi connectivity index (χ3v) is 5.50. The quantitative estimate of drug-likeness (QED) is 0.618. The van der Waals surface area contributed by atoms with E-state index in [1.807, 2.05) is 12.1 Å². The first kappa shape index (κ1) is 17.2. The molecule has 1 aliphatic carbocycles. The van der Waals surface area contributed by atoms with E-state index in [1.54, 1.807) is 7.11 Å². The second kappa shape index (κ2) is 7.20.